The Bertz CT molecular complexity index is 597. The molecule has 0 aromatic heterocycles. The Hall–Kier alpha value is -1.35. The summed E-state index contributed by atoms with van der Waals surface area (Å²) in [4.78, 5) is 12.1. The number of ether oxygens (including phenoxy) is 1. The monoisotopic (exact) mass is 306 g/mol. The highest BCUT2D eigenvalue weighted by Crippen LogP contribution is 2.28. The Morgan fingerprint density at radius 3 is 2.28 bits per heavy atom. The molecule has 0 aliphatic rings. The molecular formula is C15H15BrO2. The van der Waals surface area contributed by atoms with Crippen LogP contribution in [0.1, 0.15) is 31.1 Å². The van der Waals surface area contributed by atoms with Gasteiger partial charge in [0.1, 0.15) is 5.60 Å². The van der Waals surface area contributed by atoms with Gasteiger partial charge in [-0.05, 0) is 43.7 Å². The molecule has 3 heteroatoms. The molecule has 0 aliphatic carbocycles. The van der Waals surface area contributed by atoms with Crippen molar-refractivity contribution in [2.45, 2.75) is 26.4 Å². The third-order valence-electron chi connectivity index (χ3n) is 2.49. The highest BCUT2D eigenvalue weighted by atomic mass is 79.9. The molecule has 0 atom stereocenters. The van der Waals surface area contributed by atoms with Crippen molar-refractivity contribution in [3.8, 4) is 0 Å². The van der Waals surface area contributed by atoms with Crippen molar-refractivity contribution in [1.82, 2.24) is 0 Å². The summed E-state index contributed by atoms with van der Waals surface area (Å²) in [6, 6.07) is 11.4. The van der Waals surface area contributed by atoms with Crippen LogP contribution >= 0.6 is 15.9 Å². The van der Waals surface area contributed by atoms with Crippen LogP contribution in [0.5, 0.6) is 0 Å². The molecule has 94 valence electrons. The first kappa shape index (κ1) is 13.1. The molecule has 0 saturated carbocycles. The van der Waals surface area contributed by atoms with Gasteiger partial charge in [-0.15, -0.1) is 0 Å². The predicted molar refractivity (Wildman–Crippen MR) is 76.8 cm³/mol. The van der Waals surface area contributed by atoms with Gasteiger partial charge in [0.05, 0.1) is 5.56 Å². The van der Waals surface area contributed by atoms with Crippen LogP contribution in [0.3, 0.4) is 0 Å². The van der Waals surface area contributed by atoms with E-state index in [-0.39, 0.29) is 5.97 Å². The van der Waals surface area contributed by atoms with Crippen LogP contribution in [0.4, 0.5) is 0 Å². The van der Waals surface area contributed by atoms with Gasteiger partial charge >= 0.3 is 5.97 Å². The molecular weight excluding hydrogens is 292 g/mol. The first-order valence-electron chi connectivity index (χ1n) is 5.79. The minimum Gasteiger partial charge on any atom is -0.456 e. The zero-order valence-corrected chi connectivity index (χ0v) is 12.2. The van der Waals surface area contributed by atoms with E-state index in [1.165, 1.54) is 0 Å². The lowest BCUT2D eigenvalue weighted by atomic mass is 10.0. The average Bonchev–Trinajstić information content (AvgIpc) is 2.27. The molecule has 2 nitrogen and oxygen atoms in total. The van der Waals surface area contributed by atoms with Crippen LogP contribution in [0.15, 0.2) is 40.9 Å². The number of carbonyl (C=O) groups is 1. The normalized spacial score (nSPS) is 11.6. The number of halogens is 1. The number of carbonyl (C=O) groups excluding carboxylic acids is 1. The fourth-order valence-electron chi connectivity index (χ4n) is 1.77. The molecule has 0 aliphatic heterocycles. The second-order valence-electron chi connectivity index (χ2n) is 5.14. The standard InChI is InChI=1S/C15H15BrO2/c1-15(2,3)18-14(17)12-8-9-13(16)11-7-5-4-6-10(11)12/h4-9H,1-3H3. The van der Waals surface area contributed by atoms with Gasteiger partial charge in [0.15, 0.2) is 0 Å². The number of hydrogen-bond donors (Lipinski definition) is 0. The van der Waals surface area contributed by atoms with Gasteiger partial charge in [0.2, 0.25) is 0 Å². The van der Waals surface area contributed by atoms with Gasteiger partial charge < -0.3 is 4.74 Å². The SMILES string of the molecule is CC(C)(C)OC(=O)c1ccc(Br)c2ccccc12. The molecule has 0 heterocycles. The summed E-state index contributed by atoms with van der Waals surface area (Å²) >= 11 is 3.49. The molecule has 2 rings (SSSR count). The summed E-state index contributed by atoms with van der Waals surface area (Å²) in [5.74, 6) is -0.286. The largest absolute Gasteiger partial charge is 0.456 e. The van der Waals surface area contributed by atoms with Crippen LogP contribution in [0, 0.1) is 0 Å². The zero-order chi connectivity index (χ0) is 13.3. The fraction of sp³-hybridized carbons (Fsp3) is 0.267. The molecule has 0 unspecified atom stereocenters. The highest BCUT2D eigenvalue weighted by Gasteiger charge is 2.19. The van der Waals surface area contributed by atoms with Gasteiger partial charge in [-0.2, -0.15) is 0 Å². The lowest BCUT2D eigenvalue weighted by Gasteiger charge is -2.20. The van der Waals surface area contributed by atoms with E-state index in [1.807, 2.05) is 51.1 Å². The maximum absolute atomic E-state index is 12.1. The van der Waals surface area contributed by atoms with Crippen molar-refractivity contribution >= 4 is 32.7 Å². The Labute approximate surface area is 115 Å². The third kappa shape index (κ3) is 2.72. The van der Waals surface area contributed by atoms with Crippen LogP contribution in [0.25, 0.3) is 10.8 Å². The summed E-state index contributed by atoms with van der Waals surface area (Å²) in [5, 5.41) is 1.92. The van der Waals surface area contributed by atoms with Gasteiger partial charge in [-0.1, -0.05) is 40.2 Å². The summed E-state index contributed by atoms with van der Waals surface area (Å²) in [7, 11) is 0. The second kappa shape index (κ2) is 4.73. The first-order chi connectivity index (χ1) is 8.38. The average molecular weight is 307 g/mol. The summed E-state index contributed by atoms with van der Waals surface area (Å²) in [5.41, 5.74) is 0.120. The lowest BCUT2D eigenvalue weighted by molar-refractivity contribution is 0.00719. The smallest absolute Gasteiger partial charge is 0.339 e. The number of rotatable bonds is 1. The van der Waals surface area contributed by atoms with E-state index < -0.39 is 5.60 Å². The second-order valence-corrected chi connectivity index (χ2v) is 6.00. The predicted octanol–water partition coefficient (Wildman–Crippen LogP) is 4.56. The lowest BCUT2D eigenvalue weighted by Crippen LogP contribution is -2.24. The van der Waals surface area contributed by atoms with Gasteiger partial charge in [-0.3, -0.25) is 0 Å². The molecule has 0 amide bonds. The van der Waals surface area contributed by atoms with Gasteiger partial charge in [0, 0.05) is 4.47 Å². The molecule has 0 bridgehead atoms. The van der Waals surface area contributed by atoms with E-state index in [2.05, 4.69) is 15.9 Å². The van der Waals surface area contributed by atoms with E-state index in [0.29, 0.717) is 5.56 Å². The molecule has 2 aromatic carbocycles. The van der Waals surface area contributed by atoms with Crippen molar-refractivity contribution in [1.29, 1.82) is 0 Å². The van der Waals surface area contributed by atoms with Crippen LogP contribution in [-0.4, -0.2) is 11.6 Å². The number of esters is 1. The van der Waals surface area contributed by atoms with E-state index in [0.717, 1.165) is 15.2 Å². The van der Waals surface area contributed by atoms with Gasteiger partial charge in [-0.25, -0.2) is 4.79 Å². The highest BCUT2D eigenvalue weighted by molar-refractivity contribution is 9.10. The van der Waals surface area contributed by atoms with Crippen molar-refractivity contribution in [3.05, 3.63) is 46.4 Å². The Balaban J connectivity index is 2.52. The van der Waals surface area contributed by atoms with E-state index in [4.69, 9.17) is 4.74 Å². The maximum Gasteiger partial charge on any atom is 0.339 e. The van der Waals surface area contributed by atoms with Crippen molar-refractivity contribution in [2.24, 2.45) is 0 Å². The molecule has 18 heavy (non-hydrogen) atoms. The third-order valence-corrected chi connectivity index (χ3v) is 3.18. The summed E-state index contributed by atoms with van der Waals surface area (Å²) in [6.07, 6.45) is 0. The topological polar surface area (TPSA) is 26.3 Å². The minimum absolute atomic E-state index is 0.286. The van der Waals surface area contributed by atoms with E-state index >= 15 is 0 Å². The van der Waals surface area contributed by atoms with Crippen LogP contribution in [-0.2, 0) is 4.74 Å². The molecule has 0 saturated heterocycles. The van der Waals surface area contributed by atoms with Crippen LogP contribution < -0.4 is 0 Å². The Morgan fingerprint density at radius 1 is 1.06 bits per heavy atom. The summed E-state index contributed by atoms with van der Waals surface area (Å²) < 4.78 is 6.39. The molecule has 0 N–H and O–H groups in total. The van der Waals surface area contributed by atoms with Crippen molar-refractivity contribution in [3.63, 3.8) is 0 Å². The zero-order valence-electron chi connectivity index (χ0n) is 10.7. The van der Waals surface area contributed by atoms with Crippen LogP contribution in [0.2, 0.25) is 0 Å². The van der Waals surface area contributed by atoms with E-state index in [9.17, 15) is 4.79 Å². The quantitative estimate of drug-likeness (QED) is 0.722. The molecule has 0 spiro atoms. The molecule has 0 radical (unpaired) electrons. The van der Waals surface area contributed by atoms with E-state index in [1.54, 1.807) is 6.07 Å². The first-order valence-corrected chi connectivity index (χ1v) is 6.58. The van der Waals surface area contributed by atoms with Gasteiger partial charge in [0.25, 0.3) is 0 Å². The number of benzene rings is 2. The van der Waals surface area contributed by atoms with Crippen molar-refractivity contribution < 1.29 is 9.53 Å². The number of fused-ring (bicyclic) bond motifs is 1. The van der Waals surface area contributed by atoms with Crippen molar-refractivity contribution in [2.75, 3.05) is 0 Å². The number of hydrogen-bond acceptors (Lipinski definition) is 2. The molecule has 2 aromatic rings. The maximum atomic E-state index is 12.1. The Morgan fingerprint density at radius 2 is 1.67 bits per heavy atom. The summed E-state index contributed by atoms with van der Waals surface area (Å²) in [6.45, 7) is 5.60. The molecule has 0 fully saturated rings. The fourth-order valence-corrected chi connectivity index (χ4v) is 2.25. The minimum atomic E-state index is -0.481. The Kier molecular flexibility index (Phi) is 3.44.